The highest BCUT2D eigenvalue weighted by molar-refractivity contribution is 5.94. The van der Waals surface area contributed by atoms with Crippen LogP contribution in [0, 0.1) is 11.3 Å². The van der Waals surface area contributed by atoms with E-state index < -0.39 is 0 Å². The van der Waals surface area contributed by atoms with Crippen LogP contribution in [0.3, 0.4) is 0 Å². The molecule has 1 spiro atoms. The van der Waals surface area contributed by atoms with Crippen LogP contribution in [0.4, 0.5) is 0 Å². The fourth-order valence-corrected chi connectivity index (χ4v) is 10.1. The van der Waals surface area contributed by atoms with Crippen LogP contribution in [0.15, 0.2) is 200 Å². The molecule has 1 saturated carbocycles. The molecule has 1 heterocycles. The molecule has 0 radical (unpaired) electrons. The average molecular weight is 794 g/mol. The van der Waals surface area contributed by atoms with Gasteiger partial charge in [-0.05, 0) is 110 Å². The summed E-state index contributed by atoms with van der Waals surface area (Å²) in [6.45, 7) is 0. The lowest BCUT2D eigenvalue weighted by Gasteiger charge is -2.36. The minimum absolute atomic E-state index is 0.00837. The summed E-state index contributed by atoms with van der Waals surface area (Å²) in [5.74, 6) is 0.702. The summed E-state index contributed by atoms with van der Waals surface area (Å²) in [5, 5.41) is 9.85. The predicted octanol–water partition coefficient (Wildman–Crippen LogP) is 15.2. The van der Waals surface area contributed by atoms with Crippen LogP contribution in [-0.4, -0.2) is 9.97 Å². The second kappa shape index (κ2) is 15.7. The molecule has 3 heteroatoms. The van der Waals surface area contributed by atoms with Crippen LogP contribution in [0.2, 0.25) is 0 Å². The maximum Gasteiger partial charge on any atom is 0.160 e. The summed E-state index contributed by atoms with van der Waals surface area (Å²) in [6, 6.07) is 73.7. The molecule has 0 atom stereocenters. The van der Waals surface area contributed by atoms with Crippen molar-refractivity contribution in [3.05, 3.63) is 217 Å². The molecular weight excluding hydrogens is 751 g/mol. The molecule has 0 saturated heterocycles. The Morgan fingerprint density at radius 2 is 0.887 bits per heavy atom. The highest BCUT2D eigenvalue weighted by Crippen LogP contribution is 2.58. The standard InChI is InChI=1S/C59H43N3/c60-39-40-23-32-52-54(35-40)59(33-8-3-9-34-59)53-22-12-21-51(57(52)53)49-19-10-17-47(36-49)43-24-26-44(27-25-43)48-18-11-20-50(37-48)56-38-55(61-58(62-56)46-15-6-2-7-16-46)45-30-28-42(29-31-45)41-13-4-1-5-14-41/h1-2,4-7,10-32,35-38H,3,8-9,33-34H2. The van der Waals surface area contributed by atoms with Crippen molar-refractivity contribution in [2.24, 2.45) is 0 Å². The molecule has 0 unspecified atom stereocenters. The molecule has 0 aliphatic heterocycles. The fraction of sp³-hybridized carbons (Fsp3) is 0.102. The lowest BCUT2D eigenvalue weighted by Crippen LogP contribution is -2.28. The Balaban J connectivity index is 0.912. The van der Waals surface area contributed by atoms with Crippen LogP contribution < -0.4 is 0 Å². The predicted molar refractivity (Wildman–Crippen MR) is 254 cm³/mol. The number of rotatable bonds is 7. The molecule has 2 aliphatic rings. The lowest BCUT2D eigenvalue weighted by atomic mass is 9.67. The Morgan fingerprint density at radius 1 is 0.371 bits per heavy atom. The first-order chi connectivity index (χ1) is 30.6. The van der Waals surface area contributed by atoms with Crippen molar-refractivity contribution in [2.45, 2.75) is 37.5 Å². The molecule has 294 valence electrons. The van der Waals surface area contributed by atoms with E-state index in [4.69, 9.17) is 9.97 Å². The topological polar surface area (TPSA) is 49.6 Å². The monoisotopic (exact) mass is 793 g/mol. The van der Waals surface area contributed by atoms with Crippen LogP contribution in [-0.2, 0) is 5.41 Å². The highest BCUT2D eigenvalue weighted by Gasteiger charge is 2.44. The van der Waals surface area contributed by atoms with Crippen molar-refractivity contribution in [3.63, 3.8) is 0 Å². The molecule has 1 fully saturated rings. The smallest absolute Gasteiger partial charge is 0.160 e. The molecule has 2 aliphatic carbocycles. The molecule has 9 aromatic rings. The van der Waals surface area contributed by atoms with Crippen LogP contribution >= 0.6 is 0 Å². The largest absolute Gasteiger partial charge is 0.228 e. The third-order valence-electron chi connectivity index (χ3n) is 13.2. The number of fused-ring (bicyclic) bond motifs is 5. The van der Waals surface area contributed by atoms with Gasteiger partial charge in [0, 0.05) is 22.1 Å². The van der Waals surface area contributed by atoms with Gasteiger partial charge in [0.25, 0.3) is 0 Å². The fourth-order valence-electron chi connectivity index (χ4n) is 10.1. The normalized spacial score (nSPS) is 13.6. The number of nitriles is 1. The van der Waals surface area contributed by atoms with Gasteiger partial charge in [-0.2, -0.15) is 5.26 Å². The average Bonchev–Trinajstić information content (AvgIpc) is 3.62. The first kappa shape index (κ1) is 37.3. The third-order valence-corrected chi connectivity index (χ3v) is 13.2. The third kappa shape index (κ3) is 6.71. The Bertz CT molecular complexity index is 3140. The van der Waals surface area contributed by atoms with Crippen molar-refractivity contribution < 1.29 is 0 Å². The summed E-state index contributed by atoms with van der Waals surface area (Å²) < 4.78 is 0. The Morgan fingerprint density at radius 3 is 1.55 bits per heavy atom. The molecule has 0 amide bonds. The van der Waals surface area contributed by atoms with Crippen molar-refractivity contribution in [2.75, 3.05) is 0 Å². The van der Waals surface area contributed by atoms with Gasteiger partial charge in [-0.25, -0.2) is 9.97 Å². The van der Waals surface area contributed by atoms with Gasteiger partial charge in [-0.15, -0.1) is 0 Å². The number of nitrogens with zero attached hydrogens (tertiary/aromatic N) is 3. The van der Waals surface area contributed by atoms with Crippen LogP contribution in [0.5, 0.6) is 0 Å². The van der Waals surface area contributed by atoms with Crippen molar-refractivity contribution in [3.8, 4) is 95.6 Å². The van der Waals surface area contributed by atoms with Crippen LogP contribution in [0.25, 0.3) is 89.5 Å². The minimum atomic E-state index is -0.00837. The van der Waals surface area contributed by atoms with E-state index in [1.54, 1.807) is 0 Å². The second-order valence-electron chi connectivity index (χ2n) is 16.8. The van der Waals surface area contributed by atoms with Gasteiger partial charge in [0.15, 0.2) is 5.82 Å². The first-order valence-corrected chi connectivity index (χ1v) is 21.7. The number of hydrogen-bond acceptors (Lipinski definition) is 3. The van der Waals surface area contributed by atoms with E-state index in [9.17, 15) is 5.26 Å². The maximum atomic E-state index is 9.85. The van der Waals surface area contributed by atoms with Gasteiger partial charge < -0.3 is 0 Å². The van der Waals surface area contributed by atoms with E-state index in [-0.39, 0.29) is 5.41 Å². The number of benzene rings is 8. The van der Waals surface area contributed by atoms with E-state index >= 15 is 0 Å². The van der Waals surface area contributed by atoms with Gasteiger partial charge >= 0.3 is 0 Å². The van der Waals surface area contributed by atoms with E-state index in [0.717, 1.165) is 57.6 Å². The van der Waals surface area contributed by atoms with E-state index in [1.807, 2.05) is 30.3 Å². The van der Waals surface area contributed by atoms with Crippen molar-refractivity contribution >= 4 is 0 Å². The zero-order valence-electron chi connectivity index (χ0n) is 34.4. The zero-order valence-corrected chi connectivity index (χ0v) is 34.4. The van der Waals surface area contributed by atoms with Crippen molar-refractivity contribution in [1.29, 1.82) is 5.26 Å². The Kier molecular flexibility index (Phi) is 9.48. The molecular formula is C59H43N3. The quantitative estimate of drug-likeness (QED) is 0.161. The van der Waals surface area contributed by atoms with Gasteiger partial charge in [0.2, 0.25) is 0 Å². The Hall–Kier alpha value is -7.67. The molecule has 0 bridgehead atoms. The van der Waals surface area contributed by atoms with Gasteiger partial charge in [0.1, 0.15) is 0 Å². The SMILES string of the molecule is N#Cc1ccc2c(c1)C1(CCCCC1)c1cccc(-c3cccc(-c4ccc(-c5cccc(-c6cc(-c7ccc(-c8ccccc8)cc7)nc(-c7ccccc7)n6)c5)cc4)c3)c1-2. The minimum Gasteiger partial charge on any atom is -0.228 e. The lowest BCUT2D eigenvalue weighted by molar-refractivity contribution is 0.353. The van der Waals surface area contributed by atoms with Crippen molar-refractivity contribution in [1.82, 2.24) is 9.97 Å². The molecule has 0 N–H and O–H groups in total. The molecule has 62 heavy (non-hydrogen) atoms. The van der Waals surface area contributed by atoms with E-state index in [0.29, 0.717) is 5.82 Å². The summed E-state index contributed by atoms with van der Waals surface area (Å²) in [6.07, 6.45) is 5.99. The molecule has 1 aromatic heterocycles. The maximum absolute atomic E-state index is 9.85. The van der Waals surface area contributed by atoms with E-state index in [2.05, 4.69) is 176 Å². The first-order valence-electron chi connectivity index (χ1n) is 21.7. The molecule has 8 aromatic carbocycles. The van der Waals surface area contributed by atoms with E-state index in [1.165, 1.54) is 74.9 Å². The number of hydrogen-bond donors (Lipinski definition) is 0. The molecule has 11 rings (SSSR count). The summed E-state index contributed by atoms with van der Waals surface area (Å²) in [4.78, 5) is 10.2. The zero-order chi connectivity index (χ0) is 41.5. The summed E-state index contributed by atoms with van der Waals surface area (Å²) in [7, 11) is 0. The second-order valence-corrected chi connectivity index (χ2v) is 16.8. The van der Waals surface area contributed by atoms with Gasteiger partial charge in [-0.3, -0.25) is 0 Å². The van der Waals surface area contributed by atoms with Crippen LogP contribution in [0.1, 0.15) is 48.8 Å². The summed E-state index contributed by atoms with van der Waals surface area (Å²) >= 11 is 0. The Labute approximate surface area is 363 Å². The summed E-state index contributed by atoms with van der Waals surface area (Å²) in [5.41, 5.74) is 20.5. The number of aromatic nitrogens is 2. The van der Waals surface area contributed by atoms with Gasteiger partial charge in [-0.1, -0.05) is 189 Å². The van der Waals surface area contributed by atoms with Gasteiger partial charge in [0.05, 0.1) is 23.0 Å². The molecule has 3 nitrogen and oxygen atoms in total. The highest BCUT2D eigenvalue weighted by atomic mass is 14.9.